The third-order valence-corrected chi connectivity index (χ3v) is 3.71. The molecule has 2 aliphatic heterocycles. The Morgan fingerprint density at radius 1 is 1.42 bits per heavy atom. The van der Waals surface area contributed by atoms with Gasteiger partial charge in [-0.3, -0.25) is 4.99 Å². The molecule has 0 saturated heterocycles. The zero-order valence-electron chi connectivity index (χ0n) is 10.4. The number of nitrogens with one attached hydrogen (secondary N) is 1. The molecule has 0 aliphatic carbocycles. The lowest BCUT2D eigenvalue weighted by Gasteiger charge is -2.22. The summed E-state index contributed by atoms with van der Waals surface area (Å²) in [4.78, 5) is 8.51. The van der Waals surface area contributed by atoms with E-state index in [-0.39, 0.29) is 12.1 Å². The summed E-state index contributed by atoms with van der Waals surface area (Å²) < 4.78 is 0. The van der Waals surface area contributed by atoms with E-state index in [1.54, 1.807) is 12.3 Å². The Labute approximate surface area is 116 Å². The summed E-state index contributed by atoms with van der Waals surface area (Å²) in [6, 6.07) is 3.52. The van der Waals surface area contributed by atoms with Crippen molar-refractivity contribution < 1.29 is 5.11 Å². The number of aryl methyl sites for hydroxylation is 1. The maximum Gasteiger partial charge on any atom is 0.129 e. The number of dihydropyridines is 1. The van der Waals surface area contributed by atoms with Crippen molar-refractivity contribution in [2.24, 2.45) is 10.9 Å². The molecule has 3 rings (SSSR count). The van der Waals surface area contributed by atoms with Gasteiger partial charge in [0.2, 0.25) is 0 Å². The average molecular weight is 276 g/mol. The van der Waals surface area contributed by atoms with Crippen molar-refractivity contribution >= 4 is 17.8 Å². The Morgan fingerprint density at radius 3 is 3.05 bits per heavy atom. The first-order valence-electron chi connectivity index (χ1n) is 6.14. The summed E-state index contributed by atoms with van der Waals surface area (Å²) in [6.45, 7) is 1.85. The van der Waals surface area contributed by atoms with Crippen LogP contribution in [0.25, 0.3) is 0 Å². The number of rotatable bonds is 2. The van der Waals surface area contributed by atoms with Crippen LogP contribution in [0.2, 0.25) is 5.15 Å². The summed E-state index contributed by atoms with van der Waals surface area (Å²) in [6.07, 6.45) is 6.88. The smallest absolute Gasteiger partial charge is 0.129 e. The average Bonchev–Trinajstić information content (AvgIpc) is 2.82. The van der Waals surface area contributed by atoms with Gasteiger partial charge in [-0.05, 0) is 24.6 Å². The van der Waals surface area contributed by atoms with E-state index in [1.165, 1.54) is 0 Å². The number of hydrogen-bond acceptors (Lipinski definition) is 4. The Bertz CT molecular complexity index is 594. The highest BCUT2D eigenvalue weighted by atomic mass is 35.5. The van der Waals surface area contributed by atoms with E-state index in [9.17, 15) is 5.11 Å². The second-order valence-corrected chi connectivity index (χ2v) is 5.06. The molecule has 0 bridgehead atoms. The van der Waals surface area contributed by atoms with E-state index in [4.69, 9.17) is 11.6 Å². The van der Waals surface area contributed by atoms with Crippen LogP contribution in [-0.2, 0) is 0 Å². The minimum absolute atomic E-state index is 0.00443. The van der Waals surface area contributed by atoms with E-state index < -0.39 is 6.10 Å². The minimum atomic E-state index is -0.690. The van der Waals surface area contributed by atoms with Gasteiger partial charge >= 0.3 is 0 Å². The Hall–Kier alpha value is -1.65. The Kier molecular flexibility index (Phi) is 3.12. The standard InChI is InChI=1S/C14H14ClN3O/c1-8-9(4-5-12(15)18-8)13(19)11-7-17-14-10(11)3-2-6-16-14/h2-7,10,13-14,17,19H,1H3. The number of nitrogens with zero attached hydrogens (tertiary/aromatic N) is 2. The van der Waals surface area contributed by atoms with Crippen LogP contribution in [0.15, 0.2) is 41.1 Å². The lowest BCUT2D eigenvalue weighted by molar-refractivity contribution is 0.204. The second-order valence-electron chi connectivity index (χ2n) is 4.68. The Balaban J connectivity index is 1.90. The minimum Gasteiger partial charge on any atom is -0.384 e. The Morgan fingerprint density at radius 2 is 2.26 bits per heavy atom. The number of pyridine rings is 1. The molecule has 0 amide bonds. The number of halogens is 1. The molecule has 1 aromatic rings. The maximum absolute atomic E-state index is 10.6. The summed E-state index contributed by atoms with van der Waals surface area (Å²) in [5.74, 6) is 0.0927. The van der Waals surface area contributed by atoms with E-state index in [2.05, 4.69) is 15.3 Å². The molecule has 0 radical (unpaired) electrons. The van der Waals surface area contributed by atoms with E-state index in [0.29, 0.717) is 5.15 Å². The molecule has 0 fully saturated rings. The molecule has 5 heteroatoms. The van der Waals surface area contributed by atoms with Gasteiger partial charge in [-0.2, -0.15) is 0 Å². The van der Waals surface area contributed by atoms with Gasteiger partial charge in [-0.25, -0.2) is 4.98 Å². The van der Waals surface area contributed by atoms with Crippen LogP contribution in [0, 0.1) is 12.8 Å². The van der Waals surface area contributed by atoms with E-state index in [0.717, 1.165) is 16.8 Å². The molecular formula is C14H14ClN3O. The third-order valence-electron chi connectivity index (χ3n) is 3.50. The van der Waals surface area contributed by atoms with Crippen molar-refractivity contribution in [3.05, 3.63) is 52.5 Å². The normalized spacial score (nSPS) is 25.7. The van der Waals surface area contributed by atoms with Crippen molar-refractivity contribution in [3.63, 3.8) is 0 Å². The second kappa shape index (κ2) is 4.79. The molecular weight excluding hydrogens is 262 g/mol. The van der Waals surface area contributed by atoms with Crippen LogP contribution in [0.3, 0.4) is 0 Å². The van der Waals surface area contributed by atoms with E-state index >= 15 is 0 Å². The predicted molar refractivity (Wildman–Crippen MR) is 75.1 cm³/mol. The third kappa shape index (κ3) is 2.17. The molecule has 0 spiro atoms. The molecule has 2 aliphatic rings. The summed E-state index contributed by atoms with van der Waals surface area (Å²) in [5.41, 5.74) is 2.43. The highest BCUT2D eigenvalue weighted by Gasteiger charge is 2.33. The molecule has 3 heterocycles. The SMILES string of the molecule is Cc1nc(Cl)ccc1C(O)C1=CNC2N=CC=CC12. The number of aliphatic imine (C=N–C) groups is 1. The van der Waals surface area contributed by atoms with Crippen LogP contribution < -0.4 is 5.32 Å². The van der Waals surface area contributed by atoms with Gasteiger partial charge in [0, 0.05) is 29.6 Å². The van der Waals surface area contributed by atoms with Crippen molar-refractivity contribution in [3.8, 4) is 0 Å². The lowest BCUT2D eigenvalue weighted by atomic mass is 9.90. The van der Waals surface area contributed by atoms with Gasteiger partial charge in [0.05, 0.1) is 0 Å². The van der Waals surface area contributed by atoms with Crippen molar-refractivity contribution in [2.75, 3.05) is 0 Å². The predicted octanol–water partition coefficient (Wildman–Crippen LogP) is 2.15. The molecule has 0 aromatic carbocycles. The molecule has 2 N–H and O–H groups in total. The van der Waals surface area contributed by atoms with Gasteiger partial charge in [0.1, 0.15) is 17.4 Å². The van der Waals surface area contributed by atoms with Crippen LogP contribution >= 0.6 is 11.6 Å². The highest BCUT2D eigenvalue weighted by Crippen LogP contribution is 2.35. The van der Waals surface area contributed by atoms with Crippen molar-refractivity contribution in [2.45, 2.75) is 19.2 Å². The lowest BCUT2D eigenvalue weighted by Crippen LogP contribution is -2.26. The number of allylic oxidation sites excluding steroid dienone is 1. The molecule has 4 nitrogen and oxygen atoms in total. The first-order valence-corrected chi connectivity index (χ1v) is 6.51. The van der Waals surface area contributed by atoms with Crippen molar-refractivity contribution in [1.82, 2.24) is 10.3 Å². The number of fused-ring (bicyclic) bond motifs is 1. The molecule has 0 saturated carbocycles. The van der Waals surface area contributed by atoms with Gasteiger partial charge in [0.15, 0.2) is 0 Å². The first-order chi connectivity index (χ1) is 9.16. The number of aromatic nitrogens is 1. The monoisotopic (exact) mass is 275 g/mol. The molecule has 3 atom stereocenters. The fraction of sp³-hybridized carbons (Fsp3) is 0.286. The van der Waals surface area contributed by atoms with E-state index in [1.807, 2.05) is 31.3 Å². The maximum atomic E-state index is 10.6. The zero-order chi connectivity index (χ0) is 13.4. The number of aliphatic hydroxyl groups excluding tert-OH is 1. The largest absolute Gasteiger partial charge is 0.384 e. The van der Waals surface area contributed by atoms with Crippen LogP contribution in [0.1, 0.15) is 17.4 Å². The van der Waals surface area contributed by atoms with Gasteiger partial charge in [-0.1, -0.05) is 23.7 Å². The van der Waals surface area contributed by atoms with Crippen LogP contribution in [0.4, 0.5) is 0 Å². The fourth-order valence-electron chi connectivity index (χ4n) is 2.50. The fourth-order valence-corrected chi connectivity index (χ4v) is 2.69. The zero-order valence-corrected chi connectivity index (χ0v) is 11.2. The van der Waals surface area contributed by atoms with Crippen molar-refractivity contribution in [1.29, 1.82) is 0 Å². The quantitative estimate of drug-likeness (QED) is 0.813. The molecule has 19 heavy (non-hydrogen) atoms. The topological polar surface area (TPSA) is 57.5 Å². The summed E-state index contributed by atoms with van der Waals surface area (Å²) >= 11 is 5.84. The van der Waals surface area contributed by atoms with Gasteiger partial charge in [0.25, 0.3) is 0 Å². The molecule has 1 aromatic heterocycles. The number of aliphatic hydroxyl groups is 1. The van der Waals surface area contributed by atoms with Crippen LogP contribution in [-0.4, -0.2) is 22.5 Å². The summed E-state index contributed by atoms with van der Waals surface area (Å²) in [7, 11) is 0. The molecule has 98 valence electrons. The highest BCUT2D eigenvalue weighted by molar-refractivity contribution is 6.29. The first kappa shape index (κ1) is 12.4. The van der Waals surface area contributed by atoms with Gasteiger partial charge in [-0.15, -0.1) is 0 Å². The van der Waals surface area contributed by atoms with Gasteiger partial charge < -0.3 is 10.4 Å². The number of hydrogen-bond donors (Lipinski definition) is 2. The molecule has 3 unspecified atom stereocenters. The summed E-state index contributed by atoms with van der Waals surface area (Å²) in [5, 5.41) is 14.2. The van der Waals surface area contributed by atoms with Crippen LogP contribution in [0.5, 0.6) is 0 Å².